The summed E-state index contributed by atoms with van der Waals surface area (Å²) in [5, 5.41) is 2.97. The average Bonchev–Trinajstić information content (AvgIpc) is 2.40. The molecule has 0 bridgehead atoms. The molecule has 0 spiro atoms. The molecule has 21 heavy (non-hydrogen) atoms. The zero-order valence-electron chi connectivity index (χ0n) is 13.4. The first-order valence-corrected chi connectivity index (χ1v) is 7.74. The highest BCUT2D eigenvalue weighted by Gasteiger charge is 2.26. The number of benzene rings is 1. The average molecular weight is 289 g/mol. The van der Waals surface area contributed by atoms with Crippen molar-refractivity contribution < 1.29 is 4.79 Å². The van der Waals surface area contributed by atoms with Gasteiger partial charge < -0.3 is 16.0 Å². The van der Waals surface area contributed by atoms with E-state index >= 15 is 0 Å². The maximum Gasteiger partial charge on any atom is 0.225 e. The number of nitrogens with two attached hydrogens (primary N) is 1. The fourth-order valence-electron chi connectivity index (χ4n) is 2.98. The molecule has 1 amide bonds. The Morgan fingerprint density at radius 3 is 2.90 bits per heavy atom. The van der Waals surface area contributed by atoms with E-state index in [2.05, 4.69) is 24.1 Å². The number of anilines is 2. The van der Waals surface area contributed by atoms with Crippen LogP contribution in [0.2, 0.25) is 0 Å². The number of aryl methyl sites for hydroxylation is 1. The zero-order valence-corrected chi connectivity index (χ0v) is 13.4. The third-order valence-electron chi connectivity index (χ3n) is 4.17. The molecular formula is C17H27N3O. The van der Waals surface area contributed by atoms with Crippen molar-refractivity contribution in [3.05, 3.63) is 23.8 Å². The molecule has 4 nitrogen and oxygen atoms in total. The van der Waals surface area contributed by atoms with Crippen LogP contribution in [0.1, 0.15) is 38.7 Å². The predicted octanol–water partition coefficient (Wildman–Crippen LogP) is 3.03. The smallest absolute Gasteiger partial charge is 0.225 e. The van der Waals surface area contributed by atoms with Gasteiger partial charge >= 0.3 is 0 Å². The molecule has 1 heterocycles. The van der Waals surface area contributed by atoms with Crippen LogP contribution in [0.3, 0.4) is 0 Å². The van der Waals surface area contributed by atoms with Crippen LogP contribution in [0, 0.1) is 12.3 Å². The summed E-state index contributed by atoms with van der Waals surface area (Å²) in [6.07, 6.45) is 3.03. The van der Waals surface area contributed by atoms with Gasteiger partial charge in [0.1, 0.15) is 0 Å². The van der Waals surface area contributed by atoms with Gasteiger partial charge in [0.25, 0.3) is 0 Å². The Labute approximate surface area is 127 Å². The number of nitrogens with zero attached hydrogens (tertiary/aromatic N) is 1. The van der Waals surface area contributed by atoms with Crippen LogP contribution in [0.25, 0.3) is 0 Å². The van der Waals surface area contributed by atoms with E-state index in [1.165, 1.54) is 12.8 Å². The minimum absolute atomic E-state index is 0.0621. The highest BCUT2D eigenvalue weighted by molar-refractivity contribution is 5.92. The van der Waals surface area contributed by atoms with E-state index in [4.69, 9.17) is 5.73 Å². The maximum absolute atomic E-state index is 12.1. The molecule has 1 aromatic carbocycles. The Bertz CT molecular complexity index is 511. The normalized spacial score (nSPS) is 18.4. The van der Waals surface area contributed by atoms with Crippen molar-refractivity contribution in [2.45, 2.75) is 40.0 Å². The van der Waals surface area contributed by atoms with E-state index in [1.807, 2.05) is 25.1 Å². The first-order valence-electron chi connectivity index (χ1n) is 7.74. The molecule has 0 radical (unpaired) electrons. The summed E-state index contributed by atoms with van der Waals surface area (Å²) in [7, 11) is 0. The molecule has 0 saturated carbocycles. The first-order chi connectivity index (χ1) is 9.85. The number of nitrogens with one attached hydrogen (secondary N) is 1. The second kappa shape index (κ2) is 6.48. The van der Waals surface area contributed by atoms with Gasteiger partial charge in [-0.3, -0.25) is 4.79 Å². The van der Waals surface area contributed by atoms with Crippen LogP contribution in [0.4, 0.5) is 11.4 Å². The number of carbonyl (C=O) groups is 1. The van der Waals surface area contributed by atoms with Crippen LogP contribution in [-0.4, -0.2) is 30.4 Å². The Hall–Kier alpha value is -1.55. The molecule has 4 heteroatoms. The third-order valence-corrected chi connectivity index (χ3v) is 4.17. The summed E-state index contributed by atoms with van der Waals surface area (Å²) in [6.45, 7) is 9.59. The maximum atomic E-state index is 12.1. The lowest BCUT2D eigenvalue weighted by Gasteiger charge is -2.37. The van der Waals surface area contributed by atoms with Crippen molar-refractivity contribution >= 4 is 17.3 Å². The van der Waals surface area contributed by atoms with Crippen molar-refractivity contribution in [1.82, 2.24) is 4.90 Å². The third kappa shape index (κ3) is 4.74. The second-order valence-electron chi connectivity index (χ2n) is 6.92. The molecule has 1 aliphatic heterocycles. The van der Waals surface area contributed by atoms with Gasteiger partial charge in [-0.25, -0.2) is 0 Å². The molecule has 0 aliphatic carbocycles. The van der Waals surface area contributed by atoms with Crippen molar-refractivity contribution in [3.8, 4) is 0 Å². The van der Waals surface area contributed by atoms with Gasteiger partial charge in [0.05, 0.1) is 0 Å². The lowest BCUT2D eigenvalue weighted by Crippen LogP contribution is -2.41. The molecule has 3 N–H and O–H groups in total. The lowest BCUT2D eigenvalue weighted by atomic mass is 9.84. The van der Waals surface area contributed by atoms with E-state index in [0.717, 1.165) is 30.9 Å². The summed E-state index contributed by atoms with van der Waals surface area (Å²) in [5.74, 6) is 0.0621. The van der Waals surface area contributed by atoms with Crippen molar-refractivity contribution in [2.24, 2.45) is 5.41 Å². The Morgan fingerprint density at radius 1 is 1.43 bits per heavy atom. The molecule has 116 valence electrons. The van der Waals surface area contributed by atoms with Gasteiger partial charge in [-0.1, -0.05) is 19.9 Å². The van der Waals surface area contributed by atoms with Gasteiger partial charge in [0.15, 0.2) is 0 Å². The van der Waals surface area contributed by atoms with Crippen molar-refractivity contribution in [1.29, 1.82) is 0 Å². The summed E-state index contributed by atoms with van der Waals surface area (Å²) < 4.78 is 0. The summed E-state index contributed by atoms with van der Waals surface area (Å²) in [6, 6.07) is 5.59. The number of hydrogen-bond donors (Lipinski definition) is 2. The van der Waals surface area contributed by atoms with E-state index in [9.17, 15) is 4.79 Å². The standard InChI is InChI=1S/C17H27N3O/c1-13-5-6-14(18)11-15(13)19-16(21)7-10-20-9-4-8-17(2,3)12-20/h5-6,11H,4,7-10,12,18H2,1-3H3,(H,19,21). The van der Waals surface area contributed by atoms with E-state index in [1.54, 1.807) is 0 Å². The summed E-state index contributed by atoms with van der Waals surface area (Å²) in [5.41, 5.74) is 8.67. The number of likely N-dealkylation sites (tertiary alicyclic amines) is 1. The van der Waals surface area contributed by atoms with Crippen LogP contribution in [0.5, 0.6) is 0 Å². The largest absolute Gasteiger partial charge is 0.399 e. The number of hydrogen-bond acceptors (Lipinski definition) is 3. The number of rotatable bonds is 4. The van der Waals surface area contributed by atoms with E-state index in [-0.39, 0.29) is 5.91 Å². The SMILES string of the molecule is Cc1ccc(N)cc1NC(=O)CCN1CCCC(C)(C)C1. The van der Waals surface area contributed by atoms with Gasteiger partial charge in [0, 0.05) is 30.9 Å². The minimum Gasteiger partial charge on any atom is -0.399 e. The Balaban J connectivity index is 1.83. The monoisotopic (exact) mass is 289 g/mol. The first kappa shape index (κ1) is 15.8. The molecule has 0 unspecified atom stereocenters. The highest BCUT2D eigenvalue weighted by Crippen LogP contribution is 2.28. The van der Waals surface area contributed by atoms with Crippen molar-refractivity contribution in [3.63, 3.8) is 0 Å². The molecule has 0 aromatic heterocycles. The summed E-state index contributed by atoms with van der Waals surface area (Å²) >= 11 is 0. The van der Waals surface area contributed by atoms with E-state index in [0.29, 0.717) is 17.5 Å². The topological polar surface area (TPSA) is 58.4 Å². The second-order valence-corrected chi connectivity index (χ2v) is 6.92. The fourth-order valence-corrected chi connectivity index (χ4v) is 2.98. The van der Waals surface area contributed by atoms with Crippen molar-refractivity contribution in [2.75, 3.05) is 30.7 Å². The molecule has 1 fully saturated rings. The lowest BCUT2D eigenvalue weighted by molar-refractivity contribution is -0.116. The van der Waals surface area contributed by atoms with Gasteiger partial charge in [-0.15, -0.1) is 0 Å². The van der Waals surface area contributed by atoms with Crippen LogP contribution in [0.15, 0.2) is 18.2 Å². The zero-order chi connectivity index (χ0) is 15.5. The molecular weight excluding hydrogens is 262 g/mol. The van der Waals surface area contributed by atoms with Gasteiger partial charge in [-0.05, 0) is 49.4 Å². The number of piperidine rings is 1. The van der Waals surface area contributed by atoms with Crippen LogP contribution < -0.4 is 11.1 Å². The molecule has 1 aliphatic rings. The number of nitrogen functional groups attached to an aromatic ring is 1. The molecule has 2 rings (SSSR count). The highest BCUT2D eigenvalue weighted by atomic mass is 16.1. The Morgan fingerprint density at radius 2 is 2.19 bits per heavy atom. The minimum atomic E-state index is 0.0621. The van der Waals surface area contributed by atoms with E-state index < -0.39 is 0 Å². The quantitative estimate of drug-likeness (QED) is 0.838. The number of amides is 1. The van der Waals surface area contributed by atoms with Gasteiger partial charge in [0.2, 0.25) is 5.91 Å². The van der Waals surface area contributed by atoms with Crippen LogP contribution in [-0.2, 0) is 4.79 Å². The summed E-state index contributed by atoms with van der Waals surface area (Å²) in [4.78, 5) is 14.5. The predicted molar refractivity (Wildman–Crippen MR) is 88.3 cm³/mol. The Kier molecular flexibility index (Phi) is 4.88. The molecule has 0 atom stereocenters. The van der Waals surface area contributed by atoms with Crippen LogP contribution >= 0.6 is 0 Å². The molecule has 1 aromatic rings. The van der Waals surface area contributed by atoms with Gasteiger partial charge in [-0.2, -0.15) is 0 Å². The number of carbonyl (C=O) groups excluding carboxylic acids is 1. The molecule has 1 saturated heterocycles. The fraction of sp³-hybridized carbons (Fsp3) is 0.588.